The molecule has 2 heterocycles. The number of hydrogen-bond donors (Lipinski definition) is 0. The third-order valence-corrected chi connectivity index (χ3v) is 5.42. The van der Waals surface area contributed by atoms with Gasteiger partial charge in [0.25, 0.3) is 11.1 Å². The Kier molecular flexibility index (Phi) is 4.38. The van der Waals surface area contributed by atoms with Crippen LogP contribution in [0.2, 0.25) is 5.02 Å². The fraction of sp³-hybridized carbons (Fsp3) is 0.125. The third kappa shape index (κ3) is 3.11. The van der Waals surface area contributed by atoms with Gasteiger partial charge in [0.05, 0.1) is 11.4 Å². The summed E-state index contributed by atoms with van der Waals surface area (Å²) in [6.45, 7) is 2.20. The molecule has 2 amide bonds. The molecule has 1 aliphatic rings. The second kappa shape index (κ2) is 6.28. The van der Waals surface area contributed by atoms with Crippen molar-refractivity contribution in [2.75, 3.05) is 0 Å². The van der Waals surface area contributed by atoms with Gasteiger partial charge < -0.3 is 0 Å². The van der Waals surface area contributed by atoms with Gasteiger partial charge in [0.1, 0.15) is 0 Å². The molecule has 22 heavy (non-hydrogen) atoms. The van der Waals surface area contributed by atoms with Gasteiger partial charge >= 0.3 is 0 Å². The number of aryl methyl sites for hydroxylation is 1. The monoisotopic (exact) mass is 349 g/mol. The molecule has 0 unspecified atom stereocenters. The van der Waals surface area contributed by atoms with Gasteiger partial charge in [0.15, 0.2) is 0 Å². The van der Waals surface area contributed by atoms with Crippen molar-refractivity contribution in [1.82, 2.24) is 4.90 Å². The predicted molar refractivity (Wildman–Crippen MR) is 92.0 cm³/mol. The van der Waals surface area contributed by atoms with E-state index in [1.54, 1.807) is 23.5 Å². The number of carbonyl (C=O) groups is 2. The Bertz CT molecular complexity index is 782. The normalized spacial score (nSPS) is 16.8. The lowest BCUT2D eigenvalue weighted by atomic mass is 10.2. The average molecular weight is 350 g/mol. The first-order valence-electron chi connectivity index (χ1n) is 6.60. The zero-order chi connectivity index (χ0) is 15.7. The Labute approximate surface area is 141 Å². The van der Waals surface area contributed by atoms with Crippen LogP contribution in [0.3, 0.4) is 0 Å². The highest BCUT2D eigenvalue weighted by Crippen LogP contribution is 2.35. The molecule has 112 valence electrons. The molecule has 6 heteroatoms. The summed E-state index contributed by atoms with van der Waals surface area (Å²) in [6.07, 6.45) is 1.77. The van der Waals surface area contributed by atoms with E-state index in [9.17, 15) is 9.59 Å². The van der Waals surface area contributed by atoms with Gasteiger partial charge in [0, 0.05) is 14.8 Å². The highest BCUT2D eigenvalue weighted by atomic mass is 35.5. The second-order valence-corrected chi connectivity index (χ2v) is 7.53. The molecule has 1 saturated heterocycles. The number of thiophene rings is 1. The van der Waals surface area contributed by atoms with E-state index >= 15 is 0 Å². The van der Waals surface area contributed by atoms with E-state index in [4.69, 9.17) is 11.6 Å². The standard InChI is InChI=1S/C16H12ClNO2S2/c1-10-6-7-12(21-10)8-14-15(19)18(16(20)22-14)9-11-4-2-3-5-13(11)17/h2-8H,9H2,1H3/b14-8+. The van der Waals surface area contributed by atoms with Crippen molar-refractivity contribution in [3.63, 3.8) is 0 Å². The van der Waals surface area contributed by atoms with E-state index < -0.39 is 0 Å². The second-order valence-electron chi connectivity index (χ2n) is 4.81. The number of rotatable bonds is 3. The van der Waals surface area contributed by atoms with E-state index in [1.807, 2.05) is 37.3 Å². The summed E-state index contributed by atoms with van der Waals surface area (Å²) < 4.78 is 0. The molecule has 0 bridgehead atoms. The third-order valence-electron chi connectivity index (χ3n) is 3.19. The Morgan fingerprint density at radius 3 is 2.64 bits per heavy atom. The molecule has 0 spiro atoms. The van der Waals surface area contributed by atoms with Crippen LogP contribution in [0.25, 0.3) is 6.08 Å². The SMILES string of the molecule is Cc1ccc(/C=C2/SC(=O)N(Cc3ccccc3Cl)C2=O)s1. The van der Waals surface area contributed by atoms with Gasteiger partial charge in [0.2, 0.25) is 0 Å². The first kappa shape index (κ1) is 15.3. The maximum absolute atomic E-state index is 12.4. The fourth-order valence-electron chi connectivity index (χ4n) is 2.09. The highest BCUT2D eigenvalue weighted by molar-refractivity contribution is 8.18. The Hall–Kier alpha value is -1.56. The summed E-state index contributed by atoms with van der Waals surface area (Å²) in [6, 6.07) is 11.2. The number of imide groups is 1. The molecule has 1 fully saturated rings. The lowest BCUT2D eigenvalue weighted by Crippen LogP contribution is -2.27. The van der Waals surface area contributed by atoms with E-state index in [0.29, 0.717) is 9.93 Å². The minimum absolute atomic E-state index is 0.200. The van der Waals surface area contributed by atoms with Crippen molar-refractivity contribution < 1.29 is 9.59 Å². The van der Waals surface area contributed by atoms with Crippen molar-refractivity contribution in [3.8, 4) is 0 Å². The summed E-state index contributed by atoms with van der Waals surface area (Å²) in [4.78, 5) is 28.3. The number of thioether (sulfide) groups is 1. The molecule has 3 rings (SSSR count). The molecule has 0 atom stereocenters. The van der Waals surface area contributed by atoms with E-state index in [2.05, 4.69) is 0 Å². The molecule has 2 aromatic rings. The van der Waals surface area contributed by atoms with Gasteiger partial charge in [-0.05, 0) is 48.5 Å². The van der Waals surface area contributed by atoms with Crippen molar-refractivity contribution in [3.05, 3.63) is 61.6 Å². The maximum Gasteiger partial charge on any atom is 0.293 e. The van der Waals surface area contributed by atoms with E-state index in [1.165, 1.54) is 9.78 Å². The van der Waals surface area contributed by atoms with Crippen LogP contribution in [0.5, 0.6) is 0 Å². The first-order chi connectivity index (χ1) is 10.5. The Morgan fingerprint density at radius 2 is 1.95 bits per heavy atom. The van der Waals surface area contributed by atoms with Crippen LogP contribution in [-0.4, -0.2) is 16.0 Å². The summed E-state index contributed by atoms with van der Waals surface area (Å²) in [7, 11) is 0. The number of hydrogen-bond acceptors (Lipinski definition) is 4. The fourth-order valence-corrected chi connectivity index (χ4v) is 4.01. The van der Waals surface area contributed by atoms with Crippen LogP contribution < -0.4 is 0 Å². The molecular formula is C16H12ClNO2S2. The zero-order valence-electron chi connectivity index (χ0n) is 11.7. The summed E-state index contributed by atoms with van der Waals surface area (Å²) in [5, 5.41) is 0.295. The highest BCUT2D eigenvalue weighted by Gasteiger charge is 2.35. The van der Waals surface area contributed by atoms with Crippen LogP contribution in [0.4, 0.5) is 4.79 Å². The minimum atomic E-state index is -0.263. The number of halogens is 1. The quantitative estimate of drug-likeness (QED) is 0.736. The van der Waals surface area contributed by atoms with Crippen LogP contribution >= 0.6 is 34.7 Å². The summed E-state index contributed by atoms with van der Waals surface area (Å²) >= 11 is 8.66. The van der Waals surface area contributed by atoms with Crippen molar-refractivity contribution in [2.24, 2.45) is 0 Å². The molecule has 3 nitrogen and oxygen atoms in total. The molecule has 0 aliphatic carbocycles. The van der Waals surface area contributed by atoms with Crippen LogP contribution in [0.15, 0.2) is 41.3 Å². The van der Waals surface area contributed by atoms with Crippen molar-refractivity contribution in [2.45, 2.75) is 13.5 Å². The van der Waals surface area contributed by atoms with Crippen molar-refractivity contribution in [1.29, 1.82) is 0 Å². The Morgan fingerprint density at radius 1 is 1.18 bits per heavy atom. The van der Waals surface area contributed by atoms with Gasteiger partial charge in [-0.25, -0.2) is 0 Å². The maximum atomic E-state index is 12.4. The van der Waals surface area contributed by atoms with Crippen LogP contribution in [0.1, 0.15) is 15.3 Å². The molecule has 1 aliphatic heterocycles. The lowest BCUT2D eigenvalue weighted by molar-refractivity contribution is -0.123. The minimum Gasteiger partial charge on any atom is -0.268 e. The largest absolute Gasteiger partial charge is 0.293 e. The van der Waals surface area contributed by atoms with E-state index in [0.717, 1.165) is 22.2 Å². The molecule has 0 radical (unpaired) electrons. The van der Waals surface area contributed by atoms with Gasteiger partial charge in [-0.2, -0.15) is 0 Å². The molecule has 1 aromatic carbocycles. The number of carbonyl (C=O) groups excluding carboxylic acids is 2. The number of amides is 2. The number of benzene rings is 1. The van der Waals surface area contributed by atoms with Gasteiger partial charge in [-0.1, -0.05) is 29.8 Å². The van der Waals surface area contributed by atoms with Gasteiger partial charge in [-0.15, -0.1) is 11.3 Å². The Balaban J connectivity index is 1.83. The van der Waals surface area contributed by atoms with Crippen LogP contribution in [-0.2, 0) is 11.3 Å². The van der Waals surface area contributed by atoms with Crippen LogP contribution in [0, 0.1) is 6.92 Å². The first-order valence-corrected chi connectivity index (χ1v) is 8.61. The van der Waals surface area contributed by atoms with Gasteiger partial charge in [-0.3, -0.25) is 14.5 Å². The molecule has 0 N–H and O–H groups in total. The summed E-state index contributed by atoms with van der Waals surface area (Å²) in [5.74, 6) is -0.263. The molecule has 1 aromatic heterocycles. The summed E-state index contributed by atoms with van der Waals surface area (Å²) in [5.41, 5.74) is 0.764. The topological polar surface area (TPSA) is 37.4 Å². The average Bonchev–Trinajstić information content (AvgIpc) is 3.00. The van der Waals surface area contributed by atoms with Crippen molar-refractivity contribution >= 4 is 51.9 Å². The lowest BCUT2D eigenvalue weighted by Gasteiger charge is -2.13. The molecule has 0 saturated carbocycles. The smallest absolute Gasteiger partial charge is 0.268 e. The predicted octanol–water partition coefficient (Wildman–Crippen LogP) is 4.95. The van der Waals surface area contributed by atoms with E-state index in [-0.39, 0.29) is 17.7 Å². The molecular weight excluding hydrogens is 338 g/mol. The number of nitrogens with zero attached hydrogens (tertiary/aromatic N) is 1. The zero-order valence-corrected chi connectivity index (χ0v) is 14.1.